The topological polar surface area (TPSA) is 66.8 Å². The molecule has 1 aromatic rings. The monoisotopic (exact) mass is 395 g/mol. The number of nitrogens with zero attached hydrogens (tertiary/aromatic N) is 1. The van der Waals surface area contributed by atoms with Gasteiger partial charge in [0.25, 0.3) is 5.91 Å². The lowest BCUT2D eigenvalue weighted by Gasteiger charge is -2.34. The fraction of sp³-hybridized carbons (Fsp3) is 0.579. The number of thioether (sulfide) groups is 2. The van der Waals surface area contributed by atoms with Crippen molar-refractivity contribution < 1.29 is 19.4 Å². The number of aliphatic carboxylic acids is 1. The molecule has 1 N–H and O–H groups in total. The smallest absolute Gasteiger partial charge is 0.306 e. The molecule has 2 fully saturated rings. The summed E-state index contributed by atoms with van der Waals surface area (Å²) in [7, 11) is 0. The average Bonchev–Trinajstić information content (AvgIpc) is 2.67. The molecule has 1 amide bonds. The second-order valence-corrected chi connectivity index (χ2v) is 9.56. The first kappa shape index (κ1) is 19.4. The lowest BCUT2D eigenvalue weighted by atomic mass is 9.87. The van der Waals surface area contributed by atoms with Gasteiger partial charge in [-0.2, -0.15) is 0 Å². The summed E-state index contributed by atoms with van der Waals surface area (Å²) in [6.07, 6.45) is 1.78. The number of hydrogen-bond acceptors (Lipinski definition) is 5. The molecule has 3 rings (SSSR count). The standard InChI is InChI=1S/C19H25NO4S2/c1-13-11-20(8-7-16(13)18(22)23)17(21)12-24-15-5-3-14(4-6-15)19-25-9-2-10-26-19/h3-6,13,16,19H,2,7-12H2,1H3,(H,22,23). The van der Waals surface area contributed by atoms with Crippen LogP contribution in [0.2, 0.25) is 0 Å². The van der Waals surface area contributed by atoms with Crippen LogP contribution in [0.25, 0.3) is 0 Å². The maximum Gasteiger partial charge on any atom is 0.306 e. The molecule has 7 heteroatoms. The molecular formula is C19H25NO4S2. The van der Waals surface area contributed by atoms with E-state index in [-0.39, 0.29) is 24.3 Å². The van der Waals surface area contributed by atoms with Gasteiger partial charge in [0, 0.05) is 13.1 Å². The van der Waals surface area contributed by atoms with Crippen molar-refractivity contribution in [3.63, 3.8) is 0 Å². The van der Waals surface area contributed by atoms with E-state index in [1.54, 1.807) is 4.90 Å². The number of carbonyl (C=O) groups is 2. The molecule has 1 aromatic carbocycles. The maximum absolute atomic E-state index is 12.4. The largest absolute Gasteiger partial charge is 0.484 e. The highest BCUT2D eigenvalue weighted by molar-refractivity contribution is 8.16. The minimum absolute atomic E-state index is 0.00324. The molecule has 0 bridgehead atoms. The van der Waals surface area contributed by atoms with Gasteiger partial charge in [-0.15, -0.1) is 23.5 Å². The van der Waals surface area contributed by atoms with Crippen molar-refractivity contribution in [2.45, 2.75) is 24.3 Å². The molecular weight excluding hydrogens is 370 g/mol. The molecule has 2 aliphatic rings. The third-order valence-electron chi connectivity index (χ3n) is 4.92. The summed E-state index contributed by atoms with van der Waals surface area (Å²) in [5.74, 6) is 1.88. The number of piperidine rings is 1. The summed E-state index contributed by atoms with van der Waals surface area (Å²) in [4.78, 5) is 25.2. The highest BCUT2D eigenvalue weighted by atomic mass is 32.2. The van der Waals surface area contributed by atoms with Crippen molar-refractivity contribution in [2.75, 3.05) is 31.2 Å². The Morgan fingerprint density at radius 3 is 2.54 bits per heavy atom. The molecule has 0 aromatic heterocycles. The summed E-state index contributed by atoms with van der Waals surface area (Å²) in [5.41, 5.74) is 1.29. The predicted octanol–water partition coefficient (Wildman–Crippen LogP) is 3.50. The van der Waals surface area contributed by atoms with Crippen LogP contribution in [0.3, 0.4) is 0 Å². The summed E-state index contributed by atoms with van der Waals surface area (Å²) in [6.45, 7) is 2.85. The van der Waals surface area contributed by atoms with Gasteiger partial charge in [0.1, 0.15) is 5.75 Å². The highest BCUT2D eigenvalue weighted by Gasteiger charge is 2.33. The van der Waals surface area contributed by atoms with Gasteiger partial charge in [0.2, 0.25) is 0 Å². The Hall–Kier alpha value is -1.34. The number of ether oxygens (including phenoxy) is 1. The molecule has 26 heavy (non-hydrogen) atoms. The van der Waals surface area contributed by atoms with Crippen molar-refractivity contribution in [3.8, 4) is 5.75 Å². The zero-order chi connectivity index (χ0) is 18.5. The van der Waals surface area contributed by atoms with Crippen LogP contribution in [0.15, 0.2) is 24.3 Å². The van der Waals surface area contributed by atoms with Gasteiger partial charge < -0.3 is 14.7 Å². The van der Waals surface area contributed by atoms with Crippen molar-refractivity contribution in [1.29, 1.82) is 0 Å². The zero-order valence-corrected chi connectivity index (χ0v) is 16.6. The highest BCUT2D eigenvalue weighted by Crippen LogP contribution is 2.43. The minimum Gasteiger partial charge on any atom is -0.484 e. The summed E-state index contributed by atoms with van der Waals surface area (Å²) < 4.78 is 6.15. The van der Waals surface area contributed by atoms with E-state index in [2.05, 4.69) is 12.1 Å². The Morgan fingerprint density at radius 1 is 1.23 bits per heavy atom. The third-order valence-corrected chi connectivity index (χ3v) is 7.93. The molecule has 2 unspecified atom stereocenters. The van der Waals surface area contributed by atoms with Crippen LogP contribution in [0, 0.1) is 11.8 Å². The lowest BCUT2D eigenvalue weighted by molar-refractivity contribution is -0.148. The Morgan fingerprint density at radius 2 is 1.92 bits per heavy atom. The van der Waals surface area contributed by atoms with Crippen LogP contribution in [0.4, 0.5) is 0 Å². The second kappa shape index (κ2) is 9.04. The van der Waals surface area contributed by atoms with E-state index in [1.165, 1.54) is 23.5 Å². The number of amides is 1. The van der Waals surface area contributed by atoms with Gasteiger partial charge in [-0.3, -0.25) is 9.59 Å². The number of benzene rings is 1. The van der Waals surface area contributed by atoms with Gasteiger partial charge in [-0.25, -0.2) is 0 Å². The molecule has 2 heterocycles. The third kappa shape index (κ3) is 4.88. The Kier molecular flexibility index (Phi) is 6.75. The summed E-state index contributed by atoms with van der Waals surface area (Å²) in [5, 5.41) is 9.17. The normalized spacial score (nSPS) is 24.3. The van der Waals surface area contributed by atoms with Crippen LogP contribution < -0.4 is 4.74 Å². The molecule has 0 spiro atoms. The lowest BCUT2D eigenvalue weighted by Crippen LogP contribution is -2.46. The fourth-order valence-electron chi connectivity index (χ4n) is 3.38. The van der Waals surface area contributed by atoms with E-state index in [0.29, 0.717) is 29.8 Å². The maximum atomic E-state index is 12.4. The van der Waals surface area contributed by atoms with E-state index in [0.717, 1.165) is 0 Å². The van der Waals surface area contributed by atoms with E-state index in [1.807, 2.05) is 42.6 Å². The summed E-state index contributed by atoms with van der Waals surface area (Å²) in [6, 6.07) is 8.02. The van der Waals surface area contributed by atoms with Gasteiger partial charge in [-0.05, 0) is 48.0 Å². The van der Waals surface area contributed by atoms with Gasteiger partial charge in [0.15, 0.2) is 6.61 Å². The van der Waals surface area contributed by atoms with Crippen molar-refractivity contribution in [2.24, 2.45) is 11.8 Å². The molecule has 2 aliphatic heterocycles. The Labute approximate surface area is 162 Å². The number of carboxylic acid groups (broad SMARTS) is 1. The van der Waals surface area contributed by atoms with Crippen LogP contribution >= 0.6 is 23.5 Å². The number of rotatable bonds is 5. The van der Waals surface area contributed by atoms with Crippen molar-refractivity contribution in [3.05, 3.63) is 29.8 Å². The first-order valence-electron chi connectivity index (χ1n) is 9.01. The number of likely N-dealkylation sites (tertiary alicyclic amines) is 1. The number of carboxylic acids is 1. The Balaban J connectivity index is 1.48. The molecule has 142 valence electrons. The van der Waals surface area contributed by atoms with Crippen LogP contribution in [-0.2, 0) is 9.59 Å². The molecule has 5 nitrogen and oxygen atoms in total. The average molecular weight is 396 g/mol. The van der Waals surface area contributed by atoms with Crippen LogP contribution in [0.1, 0.15) is 29.9 Å². The van der Waals surface area contributed by atoms with Gasteiger partial charge in [-0.1, -0.05) is 19.1 Å². The van der Waals surface area contributed by atoms with Gasteiger partial charge >= 0.3 is 5.97 Å². The van der Waals surface area contributed by atoms with Crippen molar-refractivity contribution in [1.82, 2.24) is 4.90 Å². The number of hydrogen-bond donors (Lipinski definition) is 1. The van der Waals surface area contributed by atoms with Gasteiger partial charge in [0.05, 0.1) is 10.5 Å². The Bertz CT molecular complexity index is 631. The van der Waals surface area contributed by atoms with E-state index >= 15 is 0 Å². The SMILES string of the molecule is CC1CN(C(=O)COc2ccc(C3SCCCS3)cc2)CCC1C(=O)O. The zero-order valence-electron chi connectivity index (χ0n) is 14.9. The van der Waals surface area contributed by atoms with Crippen LogP contribution in [0.5, 0.6) is 5.75 Å². The van der Waals surface area contributed by atoms with Crippen LogP contribution in [-0.4, -0.2) is 53.1 Å². The quantitative estimate of drug-likeness (QED) is 0.823. The molecule has 0 aliphatic carbocycles. The first-order valence-corrected chi connectivity index (χ1v) is 11.1. The molecule has 2 atom stereocenters. The first-order chi connectivity index (χ1) is 12.5. The van der Waals surface area contributed by atoms with E-state index in [9.17, 15) is 14.7 Å². The van der Waals surface area contributed by atoms with E-state index in [4.69, 9.17) is 4.74 Å². The number of carbonyl (C=O) groups excluding carboxylic acids is 1. The molecule has 2 saturated heterocycles. The van der Waals surface area contributed by atoms with Crippen molar-refractivity contribution >= 4 is 35.4 Å². The fourth-order valence-corrected chi connectivity index (χ4v) is 6.27. The summed E-state index contributed by atoms with van der Waals surface area (Å²) >= 11 is 3.96. The minimum atomic E-state index is -0.768. The second-order valence-electron chi connectivity index (χ2n) is 6.84. The molecule has 0 radical (unpaired) electrons. The van der Waals surface area contributed by atoms with E-state index < -0.39 is 5.97 Å². The predicted molar refractivity (Wildman–Crippen MR) is 106 cm³/mol. The molecule has 0 saturated carbocycles.